The van der Waals surface area contributed by atoms with Gasteiger partial charge in [0.2, 0.25) is 0 Å². The summed E-state index contributed by atoms with van der Waals surface area (Å²) in [5, 5.41) is 3.28. The lowest BCUT2D eigenvalue weighted by molar-refractivity contribution is 0.0601. The molecule has 4 aromatic rings. The predicted octanol–water partition coefficient (Wildman–Crippen LogP) is 4.47. The van der Waals surface area contributed by atoms with Gasteiger partial charge in [-0.2, -0.15) is 0 Å². The normalized spacial score (nSPS) is 11.0. The Morgan fingerprint density at radius 3 is 2.62 bits per heavy atom. The van der Waals surface area contributed by atoms with Crippen molar-refractivity contribution in [2.75, 3.05) is 12.4 Å². The number of aromatic nitrogens is 2. The number of hydrogen-bond acceptors (Lipinski definition) is 4. The van der Waals surface area contributed by atoms with E-state index in [1.165, 1.54) is 19.2 Å². The molecule has 0 saturated carbocycles. The zero-order valence-electron chi connectivity index (χ0n) is 14.3. The molecule has 26 heavy (non-hydrogen) atoms. The number of rotatable bonds is 3. The average Bonchev–Trinajstić information content (AvgIpc) is 3.02. The van der Waals surface area contributed by atoms with Gasteiger partial charge in [0, 0.05) is 5.69 Å². The zero-order valence-corrected chi connectivity index (χ0v) is 14.3. The quantitative estimate of drug-likeness (QED) is 0.555. The van der Waals surface area contributed by atoms with Crippen molar-refractivity contribution >= 4 is 34.2 Å². The number of ether oxygens (including phenoxy) is 1. The first-order valence-corrected chi connectivity index (χ1v) is 8.10. The van der Waals surface area contributed by atoms with Crippen LogP contribution in [0.25, 0.3) is 16.7 Å². The highest BCUT2D eigenvalue weighted by molar-refractivity contribution is 6.00. The SMILES string of the molecule is COC(=O)c1c(C)cc(Nc2ccc(F)cc2)n2c1nc1ccccc12. The molecule has 0 amide bonds. The Labute approximate surface area is 149 Å². The Morgan fingerprint density at radius 1 is 1.15 bits per heavy atom. The second kappa shape index (κ2) is 6.15. The summed E-state index contributed by atoms with van der Waals surface area (Å²) >= 11 is 0. The van der Waals surface area contributed by atoms with Crippen LogP contribution in [0.2, 0.25) is 0 Å². The molecular weight excluding hydrogens is 333 g/mol. The van der Waals surface area contributed by atoms with Gasteiger partial charge in [0.25, 0.3) is 0 Å². The molecule has 0 aliphatic heterocycles. The first-order chi connectivity index (χ1) is 12.6. The van der Waals surface area contributed by atoms with Gasteiger partial charge in [-0.3, -0.25) is 4.40 Å². The molecule has 0 fully saturated rings. The Morgan fingerprint density at radius 2 is 1.88 bits per heavy atom. The molecule has 0 spiro atoms. The molecule has 2 aromatic heterocycles. The molecule has 2 heterocycles. The predicted molar refractivity (Wildman–Crippen MR) is 98.5 cm³/mol. The van der Waals surface area contributed by atoms with Gasteiger partial charge in [0.15, 0.2) is 5.65 Å². The number of imidazole rings is 1. The molecule has 1 N–H and O–H groups in total. The molecule has 4 rings (SSSR count). The molecule has 6 heteroatoms. The van der Waals surface area contributed by atoms with Gasteiger partial charge in [0.1, 0.15) is 17.2 Å². The monoisotopic (exact) mass is 349 g/mol. The van der Waals surface area contributed by atoms with Gasteiger partial charge in [0.05, 0.1) is 18.1 Å². The number of carbonyl (C=O) groups is 1. The molecule has 2 aromatic carbocycles. The Balaban J connectivity index is 2.00. The van der Waals surface area contributed by atoms with Gasteiger partial charge < -0.3 is 10.1 Å². The fraction of sp³-hybridized carbons (Fsp3) is 0.100. The number of nitrogens with one attached hydrogen (secondary N) is 1. The van der Waals surface area contributed by atoms with E-state index in [4.69, 9.17) is 4.74 Å². The maximum absolute atomic E-state index is 13.2. The van der Waals surface area contributed by atoms with E-state index in [0.717, 1.165) is 28.1 Å². The largest absolute Gasteiger partial charge is 0.465 e. The summed E-state index contributed by atoms with van der Waals surface area (Å²) in [4.78, 5) is 16.9. The molecule has 0 radical (unpaired) electrons. The maximum Gasteiger partial charge on any atom is 0.341 e. The highest BCUT2D eigenvalue weighted by atomic mass is 19.1. The van der Waals surface area contributed by atoms with Gasteiger partial charge >= 0.3 is 5.97 Å². The van der Waals surface area contributed by atoms with Gasteiger partial charge in [-0.25, -0.2) is 14.2 Å². The number of hydrogen-bond donors (Lipinski definition) is 1. The number of benzene rings is 2. The third kappa shape index (κ3) is 2.56. The van der Waals surface area contributed by atoms with Crippen LogP contribution in [0, 0.1) is 12.7 Å². The number of halogens is 1. The van der Waals surface area contributed by atoms with E-state index in [1.54, 1.807) is 12.1 Å². The van der Waals surface area contributed by atoms with E-state index < -0.39 is 5.97 Å². The average molecular weight is 349 g/mol. The van der Waals surface area contributed by atoms with Crippen LogP contribution in [-0.4, -0.2) is 22.5 Å². The van der Waals surface area contributed by atoms with E-state index in [1.807, 2.05) is 41.7 Å². The Hall–Kier alpha value is -3.41. The van der Waals surface area contributed by atoms with Gasteiger partial charge in [-0.1, -0.05) is 12.1 Å². The van der Waals surface area contributed by atoms with Crippen molar-refractivity contribution in [3.8, 4) is 0 Å². The number of pyridine rings is 1. The number of nitrogens with zero attached hydrogens (tertiary/aromatic N) is 2. The summed E-state index contributed by atoms with van der Waals surface area (Å²) in [6, 6.07) is 15.6. The summed E-state index contributed by atoms with van der Waals surface area (Å²) in [5.74, 6) is -0.00685. The van der Waals surface area contributed by atoms with E-state index in [9.17, 15) is 9.18 Å². The van der Waals surface area contributed by atoms with Crippen molar-refractivity contribution < 1.29 is 13.9 Å². The van der Waals surface area contributed by atoms with Gasteiger partial charge in [-0.05, 0) is 55.0 Å². The number of anilines is 2. The van der Waals surface area contributed by atoms with E-state index in [2.05, 4.69) is 10.3 Å². The lowest BCUT2D eigenvalue weighted by Crippen LogP contribution is -2.09. The summed E-state index contributed by atoms with van der Waals surface area (Å²) in [7, 11) is 1.35. The number of carbonyl (C=O) groups excluding carboxylic acids is 1. The van der Waals surface area contributed by atoms with Crippen molar-refractivity contribution in [3.63, 3.8) is 0 Å². The number of para-hydroxylation sites is 2. The van der Waals surface area contributed by atoms with Crippen LogP contribution >= 0.6 is 0 Å². The van der Waals surface area contributed by atoms with Gasteiger partial charge in [-0.15, -0.1) is 0 Å². The molecule has 0 aliphatic rings. The lowest BCUT2D eigenvalue weighted by Gasteiger charge is -2.14. The molecular formula is C20H16FN3O2. The smallest absolute Gasteiger partial charge is 0.341 e. The molecule has 5 nitrogen and oxygen atoms in total. The first kappa shape index (κ1) is 16.1. The van der Waals surface area contributed by atoms with Crippen molar-refractivity contribution in [2.24, 2.45) is 0 Å². The minimum Gasteiger partial charge on any atom is -0.465 e. The van der Waals surface area contributed by atoms with E-state index >= 15 is 0 Å². The Kier molecular flexibility index (Phi) is 3.80. The van der Waals surface area contributed by atoms with Crippen LogP contribution in [0.3, 0.4) is 0 Å². The summed E-state index contributed by atoms with van der Waals surface area (Å²) in [6.45, 7) is 1.83. The third-order valence-corrected chi connectivity index (χ3v) is 4.28. The van der Waals surface area contributed by atoms with Crippen molar-refractivity contribution in [3.05, 3.63) is 71.5 Å². The molecule has 0 atom stereocenters. The lowest BCUT2D eigenvalue weighted by atomic mass is 10.1. The minimum atomic E-state index is -0.434. The fourth-order valence-corrected chi connectivity index (χ4v) is 3.08. The summed E-state index contributed by atoms with van der Waals surface area (Å²) in [5.41, 5.74) is 4.04. The standard InChI is InChI=1S/C20H16FN3O2/c1-12-11-17(22-14-9-7-13(21)8-10-14)24-16-6-4-3-5-15(16)23-19(24)18(12)20(25)26-2/h3-11,22H,1-2H3. The molecule has 0 bridgehead atoms. The molecule has 0 aliphatic carbocycles. The number of fused-ring (bicyclic) bond motifs is 3. The van der Waals surface area contributed by atoms with Crippen LogP contribution in [0.5, 0.6) is 0 Å². The van der Waals surface area contributed by atoms with Crippen molar-refractivity contribution in [1.82, 2.24) is 9.38 Å². The van der Waals surface area contributed by atoms with Crippen molar-refractivity contribution in [2.45, 2.75) is 6.92 Å². The van der Waals surface area contributed by atoms with Crippen LogP contribution in [0.4, 0.5) is 15.9 Å². The fourth-order valence-electron chi connectivity index (χ4n) is 3.08. The zero-order chi connectivity index (χ0) is 18.3. The topological polar surface area (TPSA) is 55.6 Å². The highest BCUT2D eigenvalue weighted by Crippen LogP contribution is 2.29. The second-order valence-corrected chi connectivity index (χ2v) is 5.97. The maximum atomic E-state index is 13.2. The van der Waals surface area contributed by atoms with Crippen LogP contribution in [-0.2, 0) is 4.74 Å². The number of methoxy groups -OCH3 is 1. The second-order valence-electron chi connectivity index (χ2n) is 5.97. The van der Waals surface area contributed by atoms with E-state index in [0.29, 0.717) is 11.2 Å². The third-order valence-electron chi connectivity index (χ3n) is 4.28. The number of aryl methyl sites for hydroxylation is 1. The van der Waals surface area contributed by atoms with Crippen LogP contribution in [0.1, 0.15) is 15.9 Å². The molecule has 0 unspecified atom stereocenters. The first-order valence-electron chi connectivity index (χ1n) is 8.10. The molecule has 0 saturated heterocycles. The van der Waals surface area contributed by atoms with E-state index in [-0.39, 0.29) is 5.82 Å². The summed E-state index contributed by atoms with van der Waals surface area (Å²) < 4.78 is 20.0. The van der Waals surface area contributed by atoms with Crippen molar-refractivity contribution in [1.29, 1.82) is 0 Å². The number of esters is 1. The minimum absolute atomic E-state index is 0.300. The van der Waals surface area contributed by atoms with Crippen LogP contribution < -0.4 is 5.32 Å². The Bertz CT molecular complexity index is 1130. The highest BCUT2D eigenvalue weighted by Gasteiger charge is 2.20. The molecule has 130 valence electrons. The van der Waals surface area contributed by atoms with Crippen LogP contribution in [0.15, 0.2) is 54.6 Å². The summed E-state index contributed by atoms with van der Waals surface area (Å²) in [6.07, 6.45) is 0.